The fraction of sp³-hybridized carbons (Fsp3) is 0.158. The van der Waals surface area contributed by atoms with Crippen LogP contribution < -0.4 is 15.8 Å². The fourth-order valence-electron chi connectivity index (χ4n) is 2.32. The number of nitrogens with zero attached hydrogens (tertiary/aromatic N) is 2. The van der Waals surface area contributed by atoms with Gasteiger partial charge in [-0.3, -0.25) is 0 Å². The van der Waals surface area contributed by atoms with Crippen molar-refractivity contribution in [3.63, 3.8) is 0 Å². The Morgan fingerprint density at radius 1 is 1.24 bits per heavy atom. The summed E-state index contributed by atoms with van der Waals surface area (Å²) in [7, 11) is 1.66. The number of hydrogen-bond donors (Lipinski definition) is 2. The summed E-state index contributed by atoms with van der Waals surface area (Å²) in [5, 5.41) is 6.05. The van der Waals surface area contributed by atoms with Gasteiger partial charge in [-0.2, -0.15) is 0 Å². The van der Waals surface area contributed by atoms with Crippen LogP contribution in [0.15, 0.2) is 58.9 Å². The van der Waals surface area contributed by atoms with Crippen molar-refractivity contribution in [2.24, 2.45) is 10.7 Å². The molecule has 1 heterocycles. The van der Waals surface area contributed by atoms with Gasteiger partial charge in [0.05, 0.1) is 19.3 Å². The number of hydrogen-bond acceptors (Lipinski definition) is 4. The maximum Gasteiger partial charge on any atom is 0.193 e. The molecule has 0 bridgehead atoms. The quantitative estimate of drug-likeness (QED) is 0.537. The third-order valence-electron chi connectivity index (χ3n) is 3.59. The molecule has 0 saturated carbocycles. The minimum absolute atomic E-state index is 0.379. The number of aryl methyl sites for hydroxylation is 1. The highest BCUT2D eigenvalue weighted by Gasteiger charge is 2.05. The van der Waals surface area contributed by atoms with Gasteiger partial charge < -0.3 is 15.8 Å². The smallest absolute Gasteiger partial charge is 0.193 e. The van der Waals surface area contributed by atoms with E-state index in [2.05, 4.69) is 15.3 Å². The van der Waals surface area contributed by atoms with Crippen molar-refractivity contribution >= 4 is 23.0 Å². The van der Waals surface area contributed by atoms with Gasteiger partial charge in [0.15, 0.2) is 5.96 Å². The Morgan fingerprint density at radius 3 is 2.76 bits per heavy atom. The van der Waals surface area contributed by atoms with E-state index in [1.807, 2.05) is 60.8 Å². The molecule has 0 amide bonds. The summed E-state index contributed by atoms with van der Waals surface area (Å²) in [5.41, 5.74) is 10.0. The number of ether oxygens (including phenoxy) is 1. The van der Waals surface area contributed by atoms with Crippen molar-refractivity contribution in [1.82, 2.24) is 4.98 Å². The van der Waals surface area contributed by atoms with Crippen LogP contribution >= 0.6 is 11.3 Å². The molecule has 0 radical (unpaired) electrons. The van der Waals surface area contributed by atoms with Crippen LogP contribution in [0.2, 0.25) is 0 Å². The minimum atomic E-state index is 0.379. The highest BCUT2D eigenvalue weighted by atomic mass is 32.1. The van der Waals surface area contributed by atoms with E-state index in [4.69, 9.17) is 10.5 Å². The molecule has 5 nitrogen and oxygen atoms in total. The van der Waals surface area contributed by atoms with Gasteiger partial charge in [0.1, 0.15) is 10.8 Å². The molecule has 0 aliphatic rings. The van der Waals surface area contributed by atoms with Gasteiger partial charge in [0.2, 0.25) is 0 Å². The zero-order valence-corrected chi connectivity index (χ0v) is 15.0. The average molecular weight is 352 g/mol. The Balaban J connectivity index is 1.64. The molecular weight excluding hydrogens is 332 g/mol. The van der Waals surface area contributed by atoms with E-state index >= 15 is 0 Å². The van der Waals surface area contributed by atoms with Gasteiger partial charge >= 0.3 is 0 Å². The third-order valence-corrected chi connectivity index (χ3v) is 4.53. The first kappa shape index (κ1) is 17.0. The Labute approximate surface area is 151 Å². The van der Waals surface area contributed by atoms with Crippen LogP contribution in [0.25, 0.3) is 10.6 Å². The first-order chi connectivity index (χ1) is 12.1. The molecule has 1 aromatic heterocycles. The average Bonchev–Trinajstić information content (AvgIpc) is 3.09. The number of nitrogens with one attached hydrogen (secondary N) is 1. The van der Waals surface area contributed by atoms with E-state index in [1.54, 1.807) is 18.4 Å². The van der Waals surface area contributed by atoms with Gasteiger partial charge in [-0.05, 0) is 48.9 Å². The monoisotopic (exact) mass is 352 g/mol. The van der Waals surface area contributed by atoms with Gasteiger partial charge in [0.25, 0.3) is 0 Å². The topological polar surface area (TPSA) is 72.5 Å². The molecule has 0 saturated heterocycles. The largest absolute Gasteiger partial charge is 0.497 e. The summed E-state index contributed by atoms with van der Waals surface area (Å²) in [6, 6.07) is 15.8. The molecule has 25 heavy (non-hydrogen) atoms. The number of benzene rings is 2. The second-order valence-corrected chi connectivity index (χ2v) is 6.43. The molecule has 0 aliphatic heterocycles. The van der Waals surface area contributed by atoms with E-state index in [1.165, 1.54) is 5.56 Å². The number of nitrogens with two attached hydrogens (primary N) is 1. The van der Waals surface area contributed by atoms with Crippen LogP contribution in [0.4, 0.5) is 5.69 Å². The first-order valence-electron chi connectivity index (χ1n) is 7.86. The van der Waals surface area contributed by atoms with Crippen molar-refractivity contribution in [1.29, 1.82) is 0 Å². The number of aliphatic imine (C=N–C) groups is 1. The third kappa shape index (κ3) is 4.58. The van der Waals surface area contributed by atoms with Crippen molar-refractivity contribution in [3.05, 3.63) is 65.2 Å². The van der Waals surface area contributed by atoms with Crippen molar-refractivity contribution in [2.75, 3.05) is 12.4 Å². The summed E-state index contributed by atoms with van der Waals surface area (Å²) < 4.78 is 5.18. The van der Waals surface area contributed by atoms with E-state index in [0.717, 1.165) is 27.7 Å². The predicted molar refractivity (Wildman–Crippen MR) is 104 cm³/mol. The van der Waals surface area contributed by atoms with Gasteiger partial charge in [0, 0.05) is 16.6 Å². The number of methoxy groups -OCH3 is 1. The molecule has 6 heteroatoms. The molecule has 3 rings (SSSR count). The second kappa shape index (κ2) is 7.81. The Morgan fingerprint density at radius 2 is 2.04 bits per heavy atom. The number of rotatable bonds is 5. The Kier molecular flexibility index (Phi) is 5.30. The molecule has 0 fully saturated rings. The van der Waals surface area contributed by atoms with Crippen LogP contribution in [-0.2, 0) is 6.54 Å². The highest BCUT2D eigenvalue weighted by Crippen LogP contribution is 2.25. The second-order valence-electron chi connectivity index (χ2n) is 5.57. The number of anilines is 1. The highest BCUT2D eigenvalue weighted by molar-refractivity contribution is 7.13. The first-order valence-corrected chi connectivity index (χ1v) is 8.74. The number of aromatic nitrogens is 1. The van der Waals surface area contributed by atoms with Crippen LogP contribution in [0.5, 0.6) is 5.75 Å². The summed E-state index contributed by atoms with van der Waals surface area (Å²) in [5.74, 6) is 1.21. The lowest BCUT2D eigenvalue weighted by molar-refractivity contribution is 0.415. The van der Waals surface area contributed by atoms with Crippen LogP contribution in [0.3, 0.4) is 0 Å². The van der Waals surface area contributed by atoms with Crippen molar-refractivity contribution in [3.8, 4) is 16.3 Å². The standard InChI is InChI=1S/C19H20N4OS/c1-13-4-3-5-15(10-13)23-19(20)21-11-16-12-25-18(22-16)14-6-8-17(24-2)9-7-14/h3-10,12H,11H2,1-2H3,(H3,20,21,23). The molecule has 0 atom stereocenters. The Hall–Kier alpha value is -2.86. The number of guanidine groups is 1. The summed E-state index contributed by atoms with van der Waals surface area (Å²) in [4.78, 5) is 8.98. The zero-order valence-electron chi connectivity index (χ0n) is 14.2. The fourth-order valence-corrected chi connectivity index (χ4v) is 3.14. The lowest BCUT2D eigenvalue weighted by Gasteiger charge is -2.05. The van der Waals surface area contributed by atoms with Crippen LogP contribution in [0, 0.1) is 6.92 Å². The summed E-state index contributed by atoms with van der Waals surface area (Å²) >= 11 is 1.59. The molecule has 0 unspecified atom stereocenters. The van der Waals surface area contributed by atoms with Gasteiger partial charge in [-0.15, -0.1) is 11.3 Å². The minimum Gasteiger partial charge on any atom is -0.497 e. The van der Waals surface area contributed by atoms with Crippen molar-refractivity contribution < 1.29 is 4.74 Å². The van der Waals surface area contributed by atoms with E-state index in [9.17, 15) is 0 Å². The normalized spacial score (nSPS) is 11.4. The lowest BCUT2D eigenvalue weighted by Crippen LogP contribution is -2.22. The van der Waals surface area contributed by atoms with Crippen LogP contribution in [0.1, 0.15) is 11.3 Å². The van der Waals surface area contributed by atoms with Crippen molar-refractivity contribution in [2.45, 2.75) is 13.5 Å². The van der Waals surface area contributed by atoms with Gasteiger partial charge in [-0.25, -0.2) is 9.98 Å². The molecule has 0 spiro atoms. The summed E-state index contributed by atoms with van der Waals surface area (Å²) in [6.07, 6.45) is 0. The van der Waals surface area contributed by atoms with E-state index in [-0.39, 0.29) is 0 Å². The molecule has 128 valence electrons. The SMILES string of the molecule is COc1ccc(-c2nc(CN=C(N)Nc3cccc(C)c3)cs2)cc1. The molecule has 2 aromatic carbocycles. The molecule has 3 N–H and O–H groups in total. The van der Waals surface area contributed by atoms with Crippen LogP contribution in [-0.4, -0.2) is 18.1 Å². The Bertz CT molecular complexity index is 871. The van der Waals surface area contributed by atoms with E-state index in [0.29, 0.717) is 12.5 Å². The predicted octanol–water partition coefficient (Wildman–Crippen LogP) is 4.05. The molecule has 0 aliphatic carbocycles. The van der Waals surface area contributed by atoms with Gasteiger partial charge in [-0.1, -0.05) is 12.1 Å². The number of thiazole rings is 1. The maximum atomic E-state index is 5.95. The zero-order chi connectivity index (χ0) is 17.6. The summed E-state index contributed by atoms with van der Waals surface area (Å²) in [6.45, 7) is 2.48. The molecule has 3 aromatic rings. The molecular formula is C19H20N4OS. The lowest BCUT2D eigenvalue weighted by atomic mass is 10.2. The maximum absolute atomic E-state index is 5.95. The van der Waals surface area contributed by atoms with E-state index < -0.39 is 0 Å².